The largest absolute Gasteiger partial charge is 0.341 e. The monoisotopic (exact) mass is 592 g/mol. The number of nitrogens with zero attached hydrogens (tertiary/aromatic N) is 2. The van der Waals surface area contributed by atoms with Gasteiger partial charge in [-0.3, -0.25) is 4.79 Å². The fraction of sp³-hybridized carbons (Fsp3) is 0.562. The normalized spacial score (nSPS) is 29.3. The Labute approximate surface area is 241 Å². The zero-order valence-corrected chi connectivity index (χ0v) is 24.6. The number of carbonyl (C=O) groups excluding carboxylic acids is 2. The molecule has 3 aliphatic heterocycles. The molecule has 3 heterocycles. The Morgan fingerprint density at radius 3 is 2.62 bits per heavy atom. The van der Waals surface area contributed by atoms with Crippen molar-refractivity contribution in [2.75, 3.05) is 33.2 Å². The summed E-state index contributed by atoms with van der Waals surface area (Å²) in [5.41, 5.74) is 3.35. The van der Waals surface area contributed by atoms with Gasteiger partial charge in [-0.2, -0.15) is 0 Å². The van der Waals surface area contributed by atoms with E-state index >= 15 is 0 Å². The minimum absolute atomic E-state index is 0.0816. The molecule has 1 unspecified atom stereocenters. The van der Waals surface area contributed by atoms with Gasteiger partial charge in [0.25, 0.3) is 0 Å². The van der Waals surface area contributed by atoms with Gasteiger partial charge in [0.1, 0.15) is 0 Å². The minimum Gasteiger partial charge on any atom is -0.341 e. The van der Waals surface area contributed by atoms with Crippen molar-refractivity contribution in [2.24, 2.45) is 11.8 Å². The molecule has 0 radical (unpaired) electrons. The Kier molecular flexibility index (Phi) is 7.73. The number of hydrogen-bond acceptors (Lipinski definition) is 3. The van der Waals surface area contributed by atoms with E-state index in [1.54, 1.807) is 7.05 Å². The molecule has 208 valence electrons. The third-order valence-corrected chi connectivity index (χ3v) is 10.6. The van der Waals surface area contributed by atoms with Crippen LogP contribution < -0.4 is 10.6 Å². The van der Waals surface area contributed by atoms with Crippen LogP contribution in [0.5, 0.6) is 0 Å². The maximum Gasteiger partial charge on any atom is 0.317 e. The van der Waals surface area contributed by atoms with Crippen LogP contribution in [0.3, 0.4) is 0 Å². The molecule has 3 fully saturated rings. The fourth-order valence-electron chi connectivity index (χ4n) is 8.16. The number of rotatable bonds is 3. The van der Waals surface area contributed by atoms with Gasteiger partial charge in [-0.05, 0) is 66.3 Å². The lowest BCUT2D eigenvalue weighted by Crippen LogP contribution is -2.59. The second-order valence-corrected chi connectivity index (χ2v) is 13.1. The van der Waals surface area contributed by atoms with Crippen molar-refractivity contribution in [3.63, 3.8) is 0 Å². The smallest absolute Gasteiger partial charge is 0.317 e. The summed E-state index contributed by atoms with van der Waals surface area (Å²) >= 11 is 3.63. The van der Waals surface area contributed by atoms with Gasteiger partial charge in [0.15, 0.2) is 0 Å². The van der Waals surface area contributed by atoms with Gasteiger partial charge in [0.05, 0.1) is 5.92 Å². The van der Waals surface area contributed by atoms with Crippen molar-refractivity contribution in [1.29, 1.82) is 0 Å². The van der Waals surface area contributed by atoms with E-state index in [0.717, 1.165) is 29.4 Å². The highest BCUT2D eigenvalue weighted by Crippen LogP contribution is 2.46. The number of likely N-dealkylation sites (tertiary alicyclic amines) is 1. The summed E-state index contributed by atoms with van der Waals surface area (Å²) in [4.78, 5) is 31.8. The van der Waals surface area contributed by atoms with E-state index in [2.05, 4.69) is 80.0 Å². The molecule has 1 spiro atoms. The second kappa shape index (κ2) is 11.2. The van der Waals surface area contributed by atoms with Crippen LogP contribution in [0.15, 0.2) is 53.0 Å². The highest BCUT2D eigenvalue weighted by atomic mass is 79.9. The van der Waals surface area contributed by atoms with Crippen molar-refractivity contribution < 1.29 is 9.59 Å². The number of fused-ring (bicyclic) bond motifs is 2. The third kappa shape index (κ3) is 5.01. The fourth-order valence-corrected chi connectivity index (χ4v) is 8.57. The summed E-state index contributed by atoms with van der Waals surface area (Å²) < 4.78 is 1.00. The van der Waals surface area contributed by atoms with E-state index < -0.39 is 5.41 Å². The van der Waals surface area contributed by atoms with Crippen LogP contribution in [-0.4, -0.2) is 61.0 Å². The molecule has 1 aliphatic carbocycles. The van der Waals surface area contributed by atoms with Crippen LogP contribution in [0.25, 0.3) is 0 Å². The van der Waals surface area contributed by atoms with E-state index in [1.807, 2.05) is 4.90 Å². The van der Waals surface area contributed by atoms with E-state index in [1.165, 1.54) is 43.2 Å². The molecule has 4 aliphatic rings. The van der Waals surface area contributed by atoms with Gasteiger partial charge in [-0.25, -0.2) is 4.79 Å². The maximum absolute atomic E-state index is 14.8. The molecule has 0 aromatic heterocycles. The first-order valence-corrected chi connectivity index (χ1v) is 15.6. The van der Waals surface area contributed by atoms with E-state index in [0.29, 0.717) is 38.0 Å². The predicted octanol–water partition coefficient (Wildman–Crippen LogP) is 5.42. The lowest BCUT2D eigenvalue weighted by molar-refractivity contribution is -0.143. The molecule has 2 aromatic rings. The molecular formula is C32H41BrN4O2. The number of halogens is 1. The highest BCUT2D eigenvalue weighted by Gasteiger charge is 2.54. The van der Waals surface area contributed by atoms with E-state index in [-0.39, 0.29) is 23.9 Å². The van der Waals surface area contributed by atoms with Crippen LogP contribution in [-0.2, 0) is 16.8 Å². The SMILES string of the molecule is CNC(=O)N1Cc2cc(Br)ccc2[C@@]2(CNCC2C(=O)N2CC[C@@H](c3ccccc3)C[C@H]2C2CCCCC2)C1. The Hall–Kier alpha value is -2.38. The van der Waals surface area contributed by atoms with Crippen LogP contribution in [0.1, 0.15) is 67.6 Å². The molecule has 6 nitrogen and oxygen atoms in total. The number of nitrogens with one attached hydrogen (secondary N) is 2. The molecule has 2 N–H and O–H groups in total. The Morgan fingerprint density at radius 1 is 1.05 bits per heavy atom. The second-order valence-electron chi connectivity index (χ2n) is 12.2. The standard InChI is InChI=1S/C32H41BrN4O2/c1-34-31(39)36-19-25-16-26(33)12-13-27(25)32(21-36)20-35-18-28(32)30(38)37-15-14-24(22-8-4-2-5-9-22)17-29(37)23-10-6-3-7-11-23/h2,4-5,8-9,12-13,16,23-24,28-29,35H,3,6-7,10-11,14-15,17-21H2,1H3,(H,34,39)/t24-,28?,29+,32-/m1/s1. The van der Waals surface area contributed by atoms with Crippen LogP contribution in [0, 0.1) is 11.8 Å². The molecular weight excluding hydrogens is 552 g/mol. The quantitative estimate of drug-likeness (QED) is 0.500. The first kappa shape index (κ1) is 26.8. The molecule has 7 heteroatoms. The molecule has 6 rings (SSSR count). The average Bonchev–Trinajstić information content (AvgIpc) is 3.40. The highest BCUT2D eigenvalue weighted by molar-refractivity contribution is 9.10. The summed E-state index contributed by atoms with van der Waals surface area (Å²) in [6, 6.07) is 17.5. The summed E-state index contributed by atoms with van der Waals surface area (Å²) in [5, 5.41) is 6.42. The van der Waals surface area contributed by atoms with E-state index in [9.17, 15) is 9.59 Å². The summed E-state index contributed by atoms with van der Waals surface area (Å²) in [5.74, 6) is 1.18. The average molecular weight is 594 g/mol. The summed E-state index contributed by atoms with van der Waals surface area (Å²) in [6.07, 6.45) is 8.39. The lowest BCUT2D eigenvalue weighted by Gasteiger charge is -2.49. The number of urea groups is 1. The topological polar surface area (TPSA) is 64.7 Å². The summed E-state index contributed by atoms with van der Waals surface area (Å²) in [7, 11) is 1.69. The predicted molar refractivity (Wildman–Crippen MR) is 158 cm³/mol. The van der Waals surface area contributed by atoms with Gasteiger partial charge < -0.3 is 20.4 Å². The summed E-state index contributed by atoms with van der Waals surface area (Å²) in [6.45, 7) is 3.30. The zero-order valence-electron chi connectivity index (χ0n) is 23.0. The van der Waals surface area contributed by atoms with Crippen molar-refractivity contribution in [1.82, 2.24) is 20.4 Å². The maximum atomic E-state index is 14.8. The van der Waals surface area contributed by atoms with Crippen molar-refractivity contribution >= 4 is 27.9 Å². The molecule has 2 aromatic carbocycles. The van der Waals surface area contributed by atoms with Crippen LogP contribution >= 0.6 is 15.9 Å². The third-order valence-electron chi connectivity index (χ3n) is 10.1. The number of amides is 3. The van der Waals surface area contributed by atoms with Crippen LogP contribution in [0.4, 0.5) is 4.79 Å². The molecule has 0 bridgehead atoms. The Bertz CT molecular complexity index is 1200. The number of piperidine rings is 1. The zero-order chi connectivity index (χ0) is 27.0. The van der Waals surface area contributed by atoms with Crippen molar-refractivity contribution in [3.05, 3.63) is 69.7 Å². The minimum atomic E-state index is -0.425. The van der Waals surface area contributed by atoms with Gasteiger partial charge in [-0.1, -0.05) is 71.6 Å². The molecule has 39 heavy (non-hydrogen) atoms. The first-order chi connectivity index (χ1) is 19.0. The molecule has 2 saturated heterocycles. The Balaban J connectivity index is 1.33. The van der Waals surface area contributed by atoms with Gasteiger partial charge in [-0.15, -0.1) is 0 Å². The molecule has 3 amide bonds. The number of carbonyl (C=O) groups is 2. The molecule has 4 atom stereocenters. The Morgan fingerprint density at radius 2 is 1.85 bits per heavy atom. The number of hydrogen-bond donors (Lipinski definition) is 2. The van der Waals surface area contributed by atoms with Crippen molar-refractivity contribution in [3.8, 4) is 0 Å². The van der Waals surface area contributed by atoms with Gasteiger partial charge in [0, 0.05) is 55.7 Å². The van der Waals surface area contributed by atoms with Gasteiger partial charge in [0.2, 0.25) is 5.91 Å². The van der Waals surface area contributed by atoms with E-state index in [4.69, 9.17) is 0 Å². The van der Waals surface area contributed by atoms with Crippen LogP contribution in [0.2, 0.25) is 0 Å². The number of benzene rings is 2. The lowest BCUT2D eigenvalue weighted by atomic mass is 9.67. The van der Waals surface area contributed by atoms with Gasteiger partial charge >= 0.3 is 6.03 Å². The van der Waals surface area contributed by atoms with Crippen molar-refractivity contribution in [2.45, 2.75) is 68.9 Å². The first-order valence-electron chi connectivity index (χ1n) is 14.8. The molecule has 1 saturated carbocycles.